The Labute approximate surface area is 136 Å². The van der Waals surface area contributed by atoms with Gasteiger partial charge in [-0.1, -0.05) is 18.5 Å². The Hall–Kier alpha value is -0.770. The molecular weight excluding hydrogens is 305 g/mol. The summed E-state index contributed by atoms with van der Waals surface area (Å²) in [5, 5.41) is 0.723. The van der Waals surface area contributed by atoms with Crippen LogP contribution in [0.2, 0.25) is 5.02 Å². The Bertz CT molecular complexity index is 594. The lowest BCUT2D eigenvalue weighted by Crippen LogP contribution is -2.31. The summed E-state index contributed by atoms with van der Waals surface area (Å²) in [6.45, 7) is 6.39. The maximum atomic E-state index is 6.06. The highest BCUT2D eigenvalue weighted by molar-refractivity contribution is 6.31. The quantitative estimate of drug-likeness (QED) is 0.710. The molecule has 0 spiro atoms. The molecule has 21 heavy (non-hydrogen) atoms. The number of alkyl halides is 1. The summed E-state index contributed by atoms with van der Waals surface area (Å²) in [5.74, 6) is 1.62. The van der Waals surface area contributed by atoms with Gasteiger partial charge in [-0.25, -0.2) is 4.98 Å². The topological polar surface area (TPSA) is 21.1 Å². The Morgan fingerprint density at radius 1 is 1.38 bits per heavy atom. The molecule has 0 fully saturated rings. The van der Waals surface area contributed by atoms with Crippen molar-refractivity contribution in [2.45, 2.75) is 39.3 Å². The number of nitrogens with zero attached hydrogens (tertiary/aromatic N) is 3. The maximum Gasteiger partial charge on any atom is 0.111 e. The number of aromatic nitrogens is 2. The highest BCUT2D eigenvalue weighted by atomic mass is 35.5. The molecule has 0 saturated carbocycles. The highest BCUT2D eigenvalue weighted by Crippen LogP contribution is 2.21. The number of rotatable bonds is 7. The number of aryl methyl sites for hydroxylation is 1. The molecule has 0 N–H and O–H groups in total. The van der Waals surface area contributed by atoms with Gasteiger partial charge < -0.3 is 9.47 Å². The predicted octanol–water partition coefficient (Wildman–Crippen LogP) is 4.20. The molecule has 0 saturated heterocycles. The summed E-state index contributed by atoms with van der Waals surface area (Å²) in [4.78, 5) is 7.06. The predicted molar refractivity (Wildman–Crippen MR) is 91.6 cm³/mol. The van der Waals surface area contributed by atoms with E-state index in [4.69, 9.17) is 23.2 Å². The van der Waals surface area contributed by atoms with Gasteiger partial charge in [0.15, 0.2) is 0 Å². The lowest BCUT2D eigenvalue weighted by molar-refractivity contribution is 0.242. The Balaban J connectivity index is 2.25. The number of fused-ring (bicyclic) bond motifs is 1. The van der Waals surface area contributed by atoms with Gasteiger partial charge in [0.05, 0.1) is 11.0 Å². The fourth-order valence-corrected chi connectivity index (χ4v) is 2.80. The van der Waals surface area contributed by atoms with Crippen LogP contribution in [0.25, 0.3) is 11.0 Å². The molecule has 5 heteroatoms. The molecule has 0 aliphatic rings. The fraction of sp³-hybridized carbons (Fsp3) is 0.562. The molecule has 1 aromatic carbocycles. The average Bonchev–Trinajstić information content (AvgIpc) is 2.80. The summed E-state index contributed by atoms with van der Waals surface area (Å²) in [7, 11) is 2.17. The first-order valence-electron chi connectivity index (χ1n) is 7.47. The molecule has 2 aromatic rings. The summed E-state index contributed by atoms with van der Waals surface area (Å²) < 4.78 is 2.27. The number of hydrogen-bond acceptors (Lipinski definition) is 2. The maximum absolute atomic E-state index is 6.06. The second kappa shape index (κ2) is 7.48. The van der Waals surface area contributed by atoms with E-state index in [-0.39, 0.29) is 0 Å². The van der Waals surface area contributed by atoms with Crippen molar-refractivity contribution in [1.29, 1.82) is 0 Å². The van der Waals surface area contributed by atoms with E-state index in [0.29, 0.717) is 11.9 Å². The number of imidazole rings is 1. The van der Waals surface area contributed by atoms with Crippen molar-refractivity contribution in [3.05, 3.63) is 29.0 Å². The van der Waals surface area contributed by atoms with Gasteiger partial charge in [-0.2, -0.15) is 0 Å². The molecule has 1 heterocycles. The SMILES string of the molecule is CCC(C)N(C)CCn1c(CCCl)nc2cc(Cl)ccc21. The second-order valence-electron chi connectivity index (χ2n) is 5.49. The van der Waals surface area contributed by atoms with Crippen molar-refractivity contribution in [3.8, 4) is 0 Å². The lowest BCUT2D eigenvalue weighted by Gasteiger charge is -2.24. The average molecular weight is 328 g/mol. The van der Waals surface area contributed by atoms with Crippen molar-refractivity contribution in [2.24, 2.45) is 0 Å². The Morgan fingerprint density at radius 3 is 2.81 bits per heavy atom. The van der Waals surface area contributed by atoms with Crippen LogP contribution in [0, 0.1) is 0 Å². The first-order chi connectivity index (χ1) is 10.1. The van der Waals surface area contributed by atoms with Gasteiger partial charge in [0.1, 0.15) is 5.82 Å². The largest absolute Gasteiger partial charge is 0.327 e. The molecule has 1 unspecified atom stereocenters. The van der Waals surface area contributed by atoms with E-state index in [1.165, 1.54) is 0 Å². The summed E-state index contributed by atoms with van der Waals surface area (Å²) in [6.07, 6.45) is 1.94. The summed E-state index contributed by atoms with van der Waals surface area (Å²) in [6, 6.07) is 6.48. The standard InChI is InChI=1S/C16H23Cl2N3/c1-4-12(2)20(3)9-10-21-15-6-5-13(18)11-14(15)19-16(21)7-8-17/h5-6,11-12H,4,7-10H2,1-3H3. The normalized spacial score (nSPS) is 13.2. The molecule has 2 rings (SSSR count). The zero-order valence-electron chi connectivity index (χ0n) is 12.9. The number of likely N-dealkylation sites (N-methyl/N-ethyl adjacent to an activating group) is 1. The third-order valence-electron chi connectivity index (χ3n) is 4.13. The van der Waals surface area contributed by atoms with Gasteiger partial charge in [-0.15, -0.1) is 11.6 Å². The number of benzene rings is 1. The highest BCUT2D eigenvalue weighted by Gasteiger charge is 2.13. The third kappa shape index (κ3) is 3.91. The molecule has 1 atom stereocenters. The minimum absolute atomic E-state index is 0.582. The molecule has 0 aliphatic heterocycles. The van der Waals surface area contributed by atoms with Crippen LogP contribution in [0.4, 0.5) is 0 Å². The minimum atomic E-state index is 0.582. The van der Waals surface area contributed by atoms with Crippen molar-refractivity contribution in [2.75, 3.05) is 19.5 Å². The van der Waals surface area contributed by atoms with E-state index >= 15 is 0 Å². The smallest absolute Gasteiger partial charge is 0.111 e. The Morgan fingerprint density at radius 2 is 2.14 bits per heavy atom. The summed E-state index contributed by atoms with van der Waals surface area (Å²) in [5.41, 5.74) is 2.09. The first-order valence-corrected chi connectivity index (χ1v) is 8.39. The van der Waals surface area contributed by atoms with Crippen LogP contribution in [0.3, 0.4) is 0 Å². The zero-order valence-corrected chi connectivity index (χ0v) is 14.5. The van der Waals surface area contributed by atoms with E-state index in [0.717, 1.165) is 47.8 Å². The van der Waals surface area contributed by atoms with Gasteiger partial charge in [0.2, 0.25) is 0 Å². The first kappa shape index (κ1) is 16.6. The van der Waals surface area contributed by atoms with E-state index in [9.17, 15) is 0 Å². The fourth-order valence-electron chi connectivity index (χ4n) is 2.47. The van der Waals surface area contributed by atoms with Crippen LogP contribution in [0.1, 0.15) is 26.1 Å². The van der Waals surface area contributed by atoms with Gasteiger partial charge in [-0.3, -0.25) is 0 Å². The number of halogens is 2. The van der Waals surface area contributed by atoms with Crippen molar-refractivity contribution >= 4 is 34.2 Å². The zero-order chi connectivity index (χ0) is 15.4. The van der Waals surface area contributed by atoms with Crippen LogP contribution < -0.4 is 0 Å². The molecular formula is C16H23Cl2N3. The van der Waals surface area contributed by atoms with Crippen molar-refractivity contribution in [1.82, 2.24) is 14.5 Å². The van der Waals surface area contributed by atoms with Crippen molar-refractivity contribution in [3.63, 3.8) is 0 Å². The molecule has 0 aliphatic carbocycles. The third-order valence-corrected chi connectivity index (χ3v) is 4.55. The minimum Gasteiger partial charge on any atom is -0.327 e. The van der Waals surface area contributed by atoms with Crippen LogP contribution >= 0.6 is 23.2 Å². The second-order valence-corrected chi connectivity index (χ2v) is 6.30. The lowest BCUT2D eigenvalue weighted by atomic mass is 10.2. The van der Waals surface area contributed by atoms with Gasteiger partial charge in [0, 0.05) is 36.5 Å². The molecule has 0 radical (unpaired) electrons. The van der Waals surface area contributed by atoms with Crippen LogP contribution in [0.5, 0.6) is 0 Å². The molecule has 116 valence electrons. The van der Waals surface area contributed by atoms with E-state index in [1.54, 1.807) is 0 Å². The molecule has 0 amide bonds. The van der Waals surface area contributed by atoms with E-state index in [2.05, 4.69) is 35.3 Å². The van der Waals surface area contributed by atoms with Gasteiger partial charge in [0.25, 0.3) is 0 Å². The van der Waals surface area contributed by atoms with E-state index < -0.39 is 0 Å². The van der Waals surface area contributed by atoms with Crippen LogP contribution in [-0.2, 0) is 13.0 Å². The van der Waals surface area contributed by atoms with Gasteiger partial charge in [-0.05, 0) is 38.6 Å². The number of hydrogen-bond donors (Lipinski definition) is 0. The molecule has 3 nitrogen and oxygen atoms in total. The van der Waals surface area contributed by atoms with E-state index in [1.807, 2.05) is 18.2 Å². The van der Waals surface area contributed by atoms with Crippen molar-refractivity contribution < 1.29 is 0 Å². The molecule has 0 bridgehead atoms. The Kier molecular flexibility index (Phi) is 5.91. The monoisotopic (exact) mass is 327 g/mol. The van der Waals surface area contributed by atoms with Gasteiger partial charge >= 0.3 is 0 Å². The summed E-state index contributed by atoms with van der Waals surface area (Å²) >= 11 is 12.0. The van der Waals surface area contributed by atoms with Crippen LogP contribution in [0.15, 0.2) is 18.2 Å². The van der Waals surface area contributed by atoms with Crippen LogP contribution in [-0.4, -0.2) is 40.0 Å². The molecule has 1 aromatic heterocycles.